The van der Waals surface area contributed by atoms with Crippen LogP contribution in [0.5, 0.6) is 0 Å². The van der Waals surface area contributed by atoms with Crippen molar-refractivity contribution in [1.29, 1.82) is 0 Å². The number of urea groups is 1. The monoisotopic (exact) mass is 488 g/mol. The van der Waals surface area contributed by atoms with Crippen molar-refractivity contribution in [2.45, 2.75) is 32.9 Å². The molecule has 3 aromatic rings. The lowest BCUT2D eigenvalue weighted by atomic mass is 9.98. The van der Waals surface area contributed by atoms with E-state index in [0.717, 1.165) is 54.6 Å². The number of carbonyl (C=O) groups is 1. The molecule has 1 fully saturated rings. The number of hydrogen-bond donors (Lipinski definition) is 2. The van der Waals surface area contributed by atoms with E-state index in [1.54, 1.807) is 12.4 Å². The van der Waals surface area contributed by atoms with E-state index >= 15 is 0 Å². The summed E-state index contributed by atoms with van der Waals surface area (Å²) in [5.41, 5.74) is 3.89. The van der Waals surface area contributed by atoms with Crippen molar-refractivity contribution in [1.82, 2.24) is 30.2 Å². The number of nitrogens with one attached hydrogen (secondary N) is 2. The summed E-state index contributed by atoms with van der Waals surface area (Å²) in [4.78, 5) is 35.5. The average molecular weight is 489 g/mol. The summed E-state index contributed by atoms with van der Waals surface area (Å²) < 4.78 is 5.60. The molecule has 1 saturated heterocycles. The van der Waals surface area contributed by atoms with Crippen molar-refractivity contribution in [3.63, 3.8) is 0 Å². The number of ether oxygens (including phenoxy) is 1. The van der Waals surface area contributed by atoms with Crippen molar-refractivity contribution < 1.29 is 9.53 Å². The minimum absolute atomic E-state index is 0.0952. The highest BCUT2D eigenvalue weighted by atomic mass is 16.5. The van der Waals surface area contributed by atoms with E-state index in [9.17, 15) is 4.79 Å². The molecule has 10 heteroatoms. The van der Waals surface area contributed by atoms with Crippen molar-refractivity contribution in [3.8, 4) is 11.4 Å². The number of aromatic nitrogens is 4. The van der Waals surface area contributed by atoms with Crippen LogP contribution in [-0.2, 0) is 17.7 Å². The summed E-state index contributed by atoms with van der Waals surface area (Å²) in [5, 5.41) is 5.58. The molecule has 2 N–H and O–H groups in total. The van der Waals surface area contributed by atoms with Gasteiger partial charge in [0.25, 0.3) is 0 Å². The Kier molecular flexibility index (Phi) is 7.33. The highest BCUT2D eigenvalue weighted by Gasteiger charge is 2.31. The van der Waals surface area contributed by atoms with Gasteiger partial charge in [-0.3, -0.25) is 4.90 Å². The third kappa shape index (κ3) is 5.29. The Hall–Kier alpha value is -3.63. The van der Waals surface area contributed by atoms with Crippen LogP contribution in [0.2, 0.25) is 0 Å². The first-order chi connectivity index (χ1) is 17.6. The lowest BCUT2D eigenvalue weighted by Gasteiger charge is -2.37. The average Bonchev–Trinajstić information content (AvgIpc) is 2.91. The molecule has 188 valence electrons. The van der Waals surface area contributed by atoms with E-state index in [4.69, 9.17) is 14.7 Å². The minimum atomic E-state index is -0.221. The molecule has 10 nitrogen and oxygen atoms in total. The van der Waals surface area contributed by atoms with E-state index in [1.165, 1.54) is 5.56 Å². The molecular formula is C26H32N8O2. The number of morpholine rings is 1. The SMILES string of the molecule is CCNC(=O)Nc1ccc(-c2nc3c(c(N4CCOCC4)n2)CCN(Cc2ncccn2)C3C)cc1. The topological polar surface area (TPSA) is 108 Å². The summed E-state index contributed by atoms with van der Waals surface area (Å²) in [6.45, 7) is 9.24. The standard InChI is InChI=1S/C26H32N8O2/c1-3-27-26(35)30-20-7-5-19(6-8-20)24-31-23-18(2)34(17-22-28-10-4-11-29-22)12-9-21(23)25(32-24)33-13-15-36-16-14-33/h4-8,10-11,18H,3,9,12-17H2,1-2H3,(H2,27,30,35). The number of amides is 2. The summed E-state index contributed by atoms with van der Waals surface area (Å²) in [6.07, 6.45) is 4.44. The molecule has 2 aliphatic rings. The van der Waals surface area contributed by atoms with Crippen LogP contribution in [0.1, 0.15) is 37.0 Å². The Morgan fingerprint density at radius 3 is 2.56 bits per heavy atom. The van der Waals surface area contributed by atoms with E-state index in [0.29, 0.717) is 32.1 Å². The maximum absolute atomic E-state index is 11.9. The fourth-order valence-corrected chi connectivity index (χ4v) is 4.71. The highest BCUT2D eigenvalue weighted by molar-refractivity contribution is 5.89. The van der Waals surface area contributed by atoms with Gasteiger partial charge in [0.1, 0.15) is 11.6 Å². The summed E-state index contributed by atoms with van der Waals surface area (Å²) in [7, 11) is 0. The number of carbonyl (C=O) groups excluding carboxylic acids is 1. The fraction of sp³-hybridized carbons (Fsp3) is 0.423. The van der Waals surface area contributed by atoms with Gasteiger partial charge in [-0.1, -0.05) is 0 Å². The highest BCUT2D eigenvalue weighted by Crippen LogP contribution is 2.36. The van der Waals surface area contributed by atoms with Crippen molar-refractivity contribution >= 4 is 17.5 Å². The zero-order valence-corrected chi connectivity index (χ0v) is 20.8. The molecule has 1 aromatic carbocycles. The van der Waals surface area contributed by atoms with E-state index < -0.39 is 0 Å². The molecule has 4 heterocycles. The Labute approximate surface area is 211 Å². The predicted octanol–water partition coefficient (Wildman–Crippen LogP) is 3.03. The van der Waals surface area contributed by atoms with Gasteiger partial charge in [0.05, 0.1) is 31.5 Å². The first kappa shape index (κ1) is 24.1. The molecule has 0 saturated carbocycles. The lowest BCUT2D eigenvalue weighted by Crippen LogP contribution is -2.40. The Balaban J connectivity index is 1.47. The predicted molar refractivity (Wildman–Crippen MR) is 138 cm³/mol. The molecule has 1 atom stereocenters. The quantitative estimate of drug-likeness (QED) is 0.545. The van der Waals surface area contributed by atoms with E-state index in [2.05, 4.69) is 37.3 Å². The van der Waals surface area contributed by atoms with Gasteiger partial charge in [-0.2, -0.15) is 0 Å². The molecule has 5 rings (SSSR count). The van der Waals surface area contributed by atoms with Gasteiger partial charge in [-0.25, -0.2) is 24.7 Å². The molecule has 36 heavy (non-hydrogen) atoms. The van der Waals surface area contributed by atoms with Gasteiger partial charge in [0.2, 0.25) is 0 Å². The largest absolute Gasteiger partial charge is 0.378 e. The van der Waals surface area contributed by atoms with Gasteiger partial charge in [0, 0.05) is 55.4 Å². The smallest absolute Gasteiger partial charge is 0.319 e. The van der Waals surface area contributed by atoms with Crippen LogP contribution in [0.25, 0.3) is 11.4 Å². The minimum Gasteiger partial charge on any atom is -0.378 e. The van der Waals surface area contributed by atoms with Gasteiger partial charge in [-0.05, 0) is 50.6 Å². The fourth-order valence-electron chi connectivity index (χ4n) is 4.71. The third-order valence-electron chi connectivity index (χ3n) is 6.62. The Morgan fingerprint density at radius 1 is 1.08 bits per heavy atom. The van der Waals surface area contributed by atoms with Crippen LogP contribution < -0.4 is 15.5 Å². The molecule has 0 radical (unpaired) electrons. The third-order valence-corrected chi connectivity index (χ3v) is 6.62. The van der Waals surface area contributed by atoms with Gasteiger partial charge >= 0.3 is 6.03 Å². The first-order valence-corrected chi connectivity index (χ1v) is 12.5. The number of hydrogen-bond acceptors (Lipinski definition) is 8. The summed E-state index contributed by atoms with van der Waals surface area (Å²) in [5.74, 6) is 2.50. The summed E-state index contributed by atoms with van der Waals surface area (Å²) in [6, 6.07) is 9.38. The van der Waals surface area contributed by atoms with Gasteiger partial charge in [0.15, 0.2) is 5.82 Å². The number of benzene rings is 1. The van der Waals surface area contributed by atoms with Crippen molar-refractivity contribution in [3.05, 3.63) is 59.8 Å². The molecular weight excluding hydrogens is 456 g/mol. The second-order valence-corrected chi connectivity index (χ2v) is 8.96. The Morgan fingerprint density at radius 2 is 1.83 bits per heavy atom. The maximum atomic E-state index is 11.9. The molecule has 1 unspecified atom stereocenters. The van der Waals surface area contributed by atoms with E-state index in [-0.39, 0.29) is 12.1 Å². The number of nitrogens with zero attached hydrogens (tertiary/aromatic N) is 6. The maximum Gasteiger partial charge on any atom is 0.319 e. The van der Waals surface area contributed by atoms with E-state index in [1.807, 2.05) is 37.3 Å². The van der Waals surface area contributed by atoms with Crippen molar-refractivity contribution in [2.24, 2.45) is 0 Å². The zero-order valence-electron chi connectivity index (χ0n) is 20.8. The first-order valence-electron chi connectivity index (χ1n) is 12.5. The van der Waals surface area contributed by atoms with Crippen LogP contribution in [0.15, 0.2) is 42.7 Å². The molecule has 2 aliphatic heterocycles. The lowest BCUT2D eigenvalue weighted by molar-refractivity contribution is 0.122. The van der Waals surface area contributed by atoms with Crippen molar-refractivity contribution in [2.75, 3.05) is 49.6 Å². The number of rotatable bonds is 6. The second-order valence-electron chi connectivity index (χ2n) is 8.96. The Bertz CT molecular complexity index is 1180. The molecule has 2 amide bonds. The van der Waals surface area contributed by atoms with Gasteiger partial charge < -0.3 is 20.3 Å². The zero-order chi connectivity index (χ0) is 24.9. The van der Waals surface area contributed by atoms with Crippen LogP contribution in [0.4, 0.5) is 16.3 Å². The molecule has 0 bridgehead atoms. The van der Waals surface area contributed by atoms with Crippen LogP contribution in [-0.4, -0.2) is 70.3 Å². The summed E-state index contributed by atoms with van der Waals surface area (Å²) >= 11 is 0. The molecule has 0 aliphatic carbocycles. The number of anilines is 2. The second kappa shape index (κ2) is 11.0. The van der Waals surface area contributed by atoms with Crippen LogP contribution in [0.3, 0.4) is 0 Å². The number of fused-ring (bicyclic) bond motifs is 1. The molecule has 2 aromatic heterocycles. The van der Waals surface area contributed by atoms with Crippen LogP contribution in [0, 0.1) is 0 Å². The normalized spacial score (nSPS) is 17.9. The van der Waals surface area contributed by atoms with Gasteiger partial charge in [-0.15, -0.1) is 0 Å². The molecule has 0 spiro atoms. The van der Waals surface area contributed by atoms with Crippen LogP contribution >= 0.6 is 0 Å².